The normalized spacial score (nSPS) is 11.2. The molecule has 2 heterocycles. The van der Waals surface area contributed by atoms with E-state index in [1.54, 1.807) is 0 Å². The van der Waals surface area contributed by atoms with E-state index in [0.29, 0.717) is 5.52 Å². The lowest BCUT2D eigenvalue weighted by Gasteiger charge is -1.91. The Balaban J connectivity index is 0.000000340. The largest absolute Gasteiger partial charge is 0.466 e. The summed E-state index contributed by atoms with van der Waals surface area (Å²) in [7, 11) is -9.28. The number of nitrogens with one attached hydrogen (secondary N) is 1. The maximum atomic E-state index is 12.4. The van der Waals surface area contributed by atoms with Crippen LogP contribution in [0.15, 0.2) is 6.33 Å². The van der Waals surface area contributed by atoms with Crippen LogP contribution in [0.2, 0.25) is 0 Å². The van der Waals surface area contributed by atoms with Crippen molar-refractivity contribution >= 4 is 32.6 Å². The summed E-state index contributed by atoms with van der Waals surface area (Å²) >= 11 is 0. The van der Waals surface area contributed by atoms with Gasteiger partial charge in [-0.25, -0.2) is 14.1 Å². The minimum absolute atomic E-state index is 0.0741. The standard InChI is InChI=1S/C5H4FN5.2H3O4P/c6-5-10-3(7)2-4(11-5)9-1-8-2;2*1-5(2,3)4/h1H,(H3,7,8,9,10,11);2*(H3,1,2,3,4). The van der Waals surface area contributed by atoms with E-state index < -0.39 is 21.7 Å². The smallest absolute Gasteiger partial charge is 0.382 e. The van der Waals surface area contributed by atoms with E-state index in [2.05, 4.69) is 19.9 Å². The number of hydrogen-bond donors (Lipinski definition) is 8. The van der Waals surface area contributed by atoms with Crippen LogP contribution in [0, 0.1) is 6.08 Å². The van der Waals surface area contributed by atoms with Gasteiger partial charge in [-0.2, -0.15) is 14.4 Å². The van der Waals surface area contributed by atoms with Gasteiger partial charge in [0.1, 0.15) is 5.52 Å². The average molecular weight is 349 g/mol. The van der Waals surface area contributed by atoms with Gasteiger partial charge >= 0.3 is 21.7 Å². The summed E-state index contributed by atoms with van der Waals surface area (Å²) in [5.74, 6) is 0.0741. The number of anilines is 1. The lowest BCUT2D eigenvalue weighted by atomic mass is 10.5. The SMILES string of the molecule is Nc1nc(F)nc2nc[nH]c12.O=P(O)(O)O.O=P(O)(O)O. The monoisotopic (exact) mass is 349 g/mol. The molecule has 0 saturated heterocycles. The van der Waals surface area contributed by atoms with E-state index in [1.165, 1.54) is 6.33 Å². The molecule has 0 spiro atoms. The quantitative estimate of drug-likeness (QED) is 0.194. The maximum absolute atomic E-state index is 12.4. The van der Waals surface area contributed by atoms with Crippen molar-refractivity contribution in [2.24, 2.45) is 0 Å². The van der Waals surface area contributed by atoms with Gasteiger partial charge in [0, 0.05) is 0 Å². The van der Waals surface area contributed by atoms with E-state index in [9.17, 15) is 4.39 Å². The number of nitrogens with zero attached hydrogens (tertiary/aromatic N) is 3. The number of aromatic amines is 1. The number of H-pyrrole nitrogens is 1. The predicted molar refractivity (Wildman–Crippen MR) is 64.6 cm³/mol. The van der Waals surface area contributed by atoms with Gasteiger partial charge in [0.2, 0.25) is 0 Å². The molecule has 0 aliphatic rings. The molecule has 9 N–H and O–H groups in total. The molecule has 0 aromatic carbocycles. The highest BCUT2D eigenvalue weighted by atomic mass is 31.2. The Kier molecular flexibility index (Phi) is 6.96. The minimum atomic E-state index is -4.64. The van der Waals surface area contributed by atoms with Crippen LogP contribution in [0.3, 0.4) is 0 Å². The summed E-state index contributed by atoms with van der Waals surface area (Å²) in [6, 6.07) is 0. The summed E-state index contributed by atoms with van der Waals surface area (Å²) in [6.07, 6.45) is 0.525. The second-order valence-electron chi connectivity index (χ2n) is 3.01. The fourth-order valence-corrected chi connectivity index (χ4v) is 0.828. The first kappa shape index (κ1) is 19.5. The number of imidazole rings is 1. The van der Waals surface area contributed by atoms with Crippen molar-refractivity contribution < 1.29 is 42.9 Å². The predicted octanol–water partition coefficient (Wildman–Crippen LogP) is -1.78. The van der Waals surface area contributed by atoms with E-state index in [0.717, 1.165) is 0 Å². The first-order valence-corrected chi connectivity index (χ1v) is 7.59. The molecule has 0 aliphatic carbocycles. The number of fused-ring (bicyclic) bond motifs is 1. The third kappa shape index (κ3) is 12.0. The van der Waals surface area contributed by atoms with Gasteiger partial charge in [-0.1, -0.05) is 0 Å². The second-order valence-corrected chi connectivity index (χ2v) is 5.06. The Morgan fingerprint density at radius 3 is 1.90 bits per heavy atom. The van der Waals surface area contributed by atoms with Gasteiger partial charge in [0.05, 0.1) is 6.33 Å². The van der Waals surface area contributed by atoms with Crippen molar-refractivity contribution in [1.82, 2.24) is 19.9 Å². The first-order valence-electron chi connectivity index (χ1n) is 4.46. The molecule has 16 heteroatoms. The molecule has 13 nitrogen and oxygen atoms in total. The fraction of sp³-hybridized carbons (Fsp3) is 0. The molecule has 2 aromatic rings. The van der Waals surface area contributed by atoms with Gasteiger partial charge < -0.3 is 40.1 Å². The highest BCUT2D eigenvalue weighted by Crippen LogP contribution is 2.26. The van der Waals surface area contributed by atoms with Crippen LogP contribution in [0.1, 0.15) is 0 Å². The molecule has 0 unspecified atom stereocenters. The van der Waals surface area contributed by atoms with E-state index in [-0.39, 0.29) is 11.5 Å². The van der Waals surface area contributed by atoms with E-state index >= 15 is 0 Å². The number of halogens is 1. The Morgan fingerprint density at radius 2 is 1.48 bits per heavy atom. The van der Waals surface area contributed by atoms with Gasteiger partial charge in [-0.05, 0) is 0 Å². The van der Waals surface area contributed by atoms with Crippen LogP contribution < -0.4 is 5.73 Å². The van der Waals surface area contributed by atoms with Gasteiger partial charge in [0.25, 0.3) is 0 Å². The Morgan fingerprint density at radius 1 is 1.05 bits per heavy atom. The third-order valence-corrected chi connectivity index (χ3v) is 1.29. The van der Waals surface area contributed by atoms with E-state index in [4.69, 9.17) is 44.2 Å². The van der Waals surface area contributed by atoms with Crippen LogP contribution >= 0.6 is 15.6 Å². The van der Waals surface area contributed by atoms with Gasteiger partial charge in [-0.15, -0.1) is 0 Å². The third-order valence-electron chi connectivity index (χ3n) is 1.29. The summed E-state index contributed by atoms with van der Waals surface area (Å²) in [6.45, 7) is 0. The molecule has 0 fully saturated rings. The van der Waals surface area contributed by atoms with Crippen molar-refractivity contribution in [3.05, 3.63) is 12.4 Å². The van der Waals surface area contributed by atoms with Crippen molar-refractivity contribution in [1.29, 1.82) is 0 Å². The maximum Gasteiger partial charge on any atom is 0.466 e. The van der Waals surface area contributed by atoms with Crippen LogP contribution in [0.25, 0.3) is 11.2 Å². The molecule has 0 aliphatic heterocycles. The molecular formula is C5H10FN5O8P2. The Bertz CT molecular complexity index is 644. The zero-order valence-corrected chi connectivity index (χ0v) is 11.6. The molecule has 0 bridgehead atoms. The summed E-state index contributed by atoms with van der Waals surface area (Å²) in [5, 5.41) is 0. The highest BCUT2D eigenvalue weighted by molar-refractivity contribution is 7.45. The van der Waals surface area contributed by atoms with E-state index in [1.807, 2.05) is 0 Å². The second kappa shape index (κ2) is 7.49. The van der Waals surface area contributed by atoms with Crippen molar-refractivity contribution in [2.75, 3.05) is 5.73 Å². The number of nitrogen functional groups attached to an aromatic ring is 1. The van der Waals surface area contributed by atoms with Crippen molar-refractivity contribution in [3.8, 4) is 0 Å². The number of rotatable bonds is 0. The zero-order chi connectivity index (χ0) is 16.8. The topological polar surface area (TPSA) is 236 Å². The fourth-order valence-electron chi connectivity index (χ4n) is 0.828. The highest BCUT2D eigenvalue weighted by Gasteiger charge is 2.05. The first-order chi connectivity index (χ1) is 9.27. The van der Waals surface area contributed by atoms with Crippen molar-refractivity contribution in [3.63, 3.8) is 0 Å². The number of aromatic nitrogens is 4. The lowest BCUT2D eigenvalue weighted by molar-refractivity contribution is 0.272. The minimum Gasteiger partial charge on any atom is -0.382 e. The molecule has 120 valence electrons. The van der Waals surface area contributed by atoms with Crippen molar-refractivity contribution in [2.45, 2.75) is 0 Å². The lowest BCUT2D eigenvalue weighted by Crippen LogP contribution is -1.97. The average Bonchev–Trinajstić information content (AvgIpc) is 2.59. The molecule has 0 amide bonds. The van der Waals surface area contributed by atoms with Gasteiger partial charge in [-0.3, -0.25) is 0 Å². The molecule has 0 atom stereocenters. The van der Waals surface area contributed by atoms with Crippen LogP contribution in [0.4, 0.5) is 10.2 Å². The Labute approximate surface area is 114 Å². The summed E-state index contributed by atoms with van der Waals surface area (Å²) in [4.78, 5) is 56.2. The molecule has 2 rings (SSSR count). The molecule has 2 aromatic heterocycles. The van der Waals surface area contributed by atoms with Crippen LogP contribution in [0.5, 0.6) is 0 Å². The molecular weight excluding hydrogens is 339 g/mol. The van der Waals surface area contributed by atoms with Gasteiger partial charge in [0.15, 0.2) is 11.5 Å². The number of nitrogens with two attached hydrogens (primary N) is 1. The molecule has 21 heavy (non-hydrogen) atoms. The van der Waals surface area contributed by atoms with Crippen LogP contribution in [-0.4, -0.2) is 49.3 Å². The zero-order valence-electron chi connectivity index (χ0n) is 9.77. The van der Waals surface area contributed by atoms with Crippen LogP contribution in [-0.2, 0) is 9.13 Å². The Hall–Kier alpha value is -1.50. The summed E-state index contributed by atoms with van der Waals surface area (Å²) in [5.41, 5.74) is 6.05. The summed E-state index contributed by atoms with van der Waals surface area (Å²) < 4.78 is 30.2. The number of phosphoric acid groups is 2. The number of hydrogen-bond acceptors (Lipinski definition) is 6. The molecule has 0 radical (unpaired) electrons. The molecule has 0 saturated carbocycles.